The number of terminal acetylenes is 1. The summed E-state index contributed by atoms with van der Waals surface area (Å²) in [7, 11) is 0. The average Bonchev–Trinajstić information content (AvgIpc) is 2.56. The van der Waals surface area contributed by atoms with Crippen LogP contribution in [0.2, 0.25) is 0 Å². The second kappa shape index (κ2) is 7.67. The predicted molar refractivity (Wildman–Crippen MR) is 97.6 cm³/mol. The zero-order chi connectivity index (χ0) is 18.6. The summed E-state index contributed by atoms with van der Waals surface area (Å²) >= 11 is 0. The molecule has 0 unspecified atom stereocenters. The number of hydrogen-bond acceptors (Lipinski definition) is 3. The van der Waals surface area contributed by atoms with E-state index in [1.165, 1.54) is 0 Å². The fourth-order valence-corrected chi connectivity index (χ4v) is 3.08. The van der Waals surface area contributed by atoms with Crippen molar-refractivity contribution in [3.63, 3.8) is 0 Å². The van der Waals surface area contributed by atoms with E-state index in [0.717, 1.165) is 11.1 Å². The third kappa shape index (κ3) is 4.00. The summed E-state index contributed by atoms with van der Waals surface area (Å²) in [5.74, 6) is 2.32. The molecule has 25 heavy (non-hydrogen) atoms. The molecule has 0 aromatic heterocycles. The molecule has 0 aliphatic carbocycles. The van der Waals surface area contributed by atoms with Crippen molar-refractivity contribution in [2.45, 2.75) is 46.4 Å². The van der Waals surface area contributed by atoms with Crippen LogP contribution in [-0.2, 0) is 20.9 Å². The largest absolute Gasteiger partial charge is 0.361 e. The van der Waals surface area contributed by atoms with Gasteiger partial charge in [-0.25, -0.2) is 0 Å². The normalized spacial score (nSPS) is 19.8. The van der Waals surface area contributed by atoms with E-state index < -0.39 is 11.5 Å². The predicted octanol–water partition coefficient (Wildman–Crippen LogP) is 2.98. The minimum Gasteiger partial charge on any atom is -0.361 e. The van der Waals surface area contributed by atoms with Crippen molar-refractivity contribution in [3.8, 4) is 12.3 Å². The number of β-lactam (4-membered cyclic amide) rings is 1. The summed E-state index contributed by atoms with van der Waals surface area (Å²) in [5, 5.41) is 0. The van der Waals surface area contributed by atoms with Gasteiger partial charge in [-0.05, 0) is 25.5 Å². The van der Waals surface area contributed by atoms with Crippen LogP contribution in [0, 0.1) is 17.8 Å². The van der Waals surface area contributed by atoms with Gasteiger partial charge in [0.2, 0.25) is 0 Å². The van der Waals surface area contributed by atoms with Gasteiger partial charge in [0.15, 0.2) is 11.9 Å². The molecule has 1 aliphatic heterocycles. The number of amides is 1. The van der Waals surface area contributed by atoms with E-state index in [9.17, 15) is 9.59 Å². The standard InChI is InChI=1S/C21H25NO3/c1-6-12-22-19(21(4,5)17(23)13-15(2)3)18(20(22)24)25-14-16-10-8-7-9-11-16/h1,7-11,13,18-19H,12,14H2,2-5H3/t18-,19-/m1/s1. The number of ketones is 1. The van der Waals surface area contributed by atoms with E-state index in [4.69, 9.17) is 11.2 Å². The Bertz CT molecular complexity index is 708. The molecule has 1 aromatic rings. The van der Waals surface area contributed by atoms with Crippen molar-refractivity contribution < 1.29 is 14.3 Å². The molecule has 132 valence electrons. The molecule has 1 aromatic carbocycles. The second-order valence-corrected chi connectivity index (χ2v) is 7.14. The minimum absolute atomic E-state index is 0.0275. The Morgan fingerprint density at radius 3 is 2.52 bits per heavy atom. The molecule has 1 fully saturated rings. The monoisotopic (exact) mass is 339 g/mol. The van der Waals surface area contributed by atoms with E-state index >= 15 is 0 Å². The first-order valence-electron chi connectivity index (χ1n) is 8.38. The smallest absolute Gasteiger partial charge is 0.255 e. The molecule has 4 heteroatoms. The van der Waals surface area contributed by atoms with Crippen LogP contribution in [0.1, 0.15) is 33.3 Å². The van der Waals surface area contributed by atoms with Gasteiger partial charge in [-0.1, -0.05) is 55.7 Å². The molecule has 1 aliphatic rings. The topological polar surface area (TPSA) is 46.6 Å². The minimum atomic E-state index is -0.774. The van der Waals surface area contributed by atoms with Gasteiger partial charge in [-0.15, -0.1) is 6.42 Å². The van der Waals surface area contributed by atoms with Gasteiger partial charge in [0.1, 0.15) is 0 Å². The molecule has 1 amide bonds. The lowest BCUT2D eigenvalue weighted by Gasteiger charge is -2.52. The van der Waals surface area contributed by atoms with Crippen LogP contribution in [0.25, 0.3) is 0 Å². The van der Waals surface area contributed by atoms with Gasteiger partial charge in [0.05, 0.1) is 24.6 Å². The number of nitrogens with zero attached hydrogens (tertiary/aromatic N) is 1. The fourth-order valence-electron chi connectivity index (χ4n) is 3.08. The van der Waals surface area contributed by atoms with Crippen molar-refractivity contribution in [1.82, 2.24) is 4.90 Å². The third-order valence-electron chi connectivity index (χ3n) is 4.48. The quantitative estimate of drug-likeness (QED) is 0.436. The Balaban J connectivity index is 2.20. The van der Waals surface area contributed by atoms with Crippen LogP contribution in [0.3, 0.4) is 0 Å². The highest BCUT2D eigenvalue weighted by Gasteiger charge is 2.56. The molecule has 0 saturated carbocycles. The first-order valence-corrected chi connectivity index (χ1v) is 8.38. The maximum absolute atomic E-state index is 12.7. The van der Waals surface area contributed by atoms with Crippen LogP contribution in [-0.4, -0.2) is 35.3 Å². The zero-order valence-corrected chi connectivity index (χ0v) is 15.3. The van der Waals surface area contributed by atoms with E-state index in [-0.39, 0.29) is 24.3 Å². The van der Waals surface area contributed by atoms with Crippen molar-refractivity contribution in [3.05, 3.63) is 47.5 Å². The molecule has 4 nitrogen and oxygen atoms in total. The number of hydrogen-bond donors (Lipinski definition) is 0. The SMILES string of the molecule is C#CCN1C(=O)[C@H](OCc2ccccc2)[C@@H]1C(C)(C)C(=O)C=C(C)C. The van der Waals surface area contributed by atoms with Crippen molar-refractivity contribution >= 4 is 11.7 Å². The number of benzene rings is 1. The lowest BCUT2D eigenvalue weighted by atomic mass is 9.72. The van der Waals surface area contributed by atoms with Gasteiger partial charge in [0, 0.05) is 0 Å². The first kappa shape index (κ1) is 19.0. The van der Waals surface area contributed by atoms with Gasteiger partial charge < -0.3 is 9.64 Å². The maximum Gasteiger partial charge on any atom is 0.255 e. The molecule has 0 spiro atoms. The van der Waals surface area contributed by atoms with Crippen LogP contribution in [0.5, 0.6) is 0 Å². The number of carbonyl (C=O) groups excluding carboxylic acids is 2. The highest BCUT2D eigenvalue weighted by molar-refractivity contribution is 5.99. The van der Waals surface area contributed by atoms with Gasteiger partial charge in [-0.2, -0.15) is 0 Å². The Morgan fingerprint density at radius 2 is 1.96 bits per heavy atom. The summed E-state index contributed by atoms with van der Waals surface area (Å²) in [6, 6.07) is 9.28. The highest BCUT2D eigenvalue weighted by atomic mass is 16.5. The van der Waals surface area contributed by atoms with Gasteiger partial charge in [-0.3, -0.25) is 9.59 Å². The number of likely N-dealkylation sites (tertiary alicyclic amines) is 1. The fraction of sp³-hybridized carbons (Fsp3) is 0.429. The summed E-state index contributed by atoms with van der Waals surface area (Å²) in [6.07, 6.45) is 6.35. The zero-order valence-electron chi connectivity index (χ0n) is 15.3. The van der Waals surface area contributed by atoms with E-state index in [2.05, 4.69) is 5.92 Å². The molecule has 0 radical (unpaired) electrons. The molecule has 0 N–H and O–H groups in total. The van der Waals surface area contributed by atoms with Crippen LogP contribution in [0.4, 0.5) is 0 Å². The van der Waals surface area contributed by atoms with E-state index in [0.29, 0.717) is 6.61 Å². The van der Waals surface area contributed by atoms with Crippen LogP contribution < -0.4 is 0 Å². The summed E-state index contributed by atoms with van der Waals surface area (Å²) in [5.41, 5.74) is 1.13. The van der Waals surface area contributed by atoms with Crippen LogP contribution >= 0.6 is 0 Å². The molecular weight excluding hydrogens is 314 g/mol. The number of rotatable bonds is 7. The maximum atomic E-state index is 12.7. The second-order valence-electron chi connectivity index (χ2n) is 7.14. The molecule has 2 atom stereocenters. The summed E-state index contributed by atoms with van der Waals surface area (Å²) in [4.78, 5) is 26.7. The number of ether oxygens (including phenoxy) is 1. The average molecular weight is 339 g/mol. The molecule has 1 heterocycles. The Kier molecular flexibility index (Phi) is 5.81. The Hall–Kier alpha value is -2.38. The molecule has 2 rings (SSSR count). The number of allylic oxidation sites excluding steroid dienone is 2. The first-order chi connectivity index (χ1) is 11.8. The van der Waals surface area contributed by atoms with Gasteiger partial charge >= 0.3 is 0 Å². The molecule has 0 bridgehead atoms. The third-order valence-corrected chi connectivity index (χ3v) is 4.48. The van der Waals surface area contributed by atoms with E-state index in [1.807, 2.05) is 58.0 Å². The Morgan fingerprint density at radius 1 is 1.32 bits per heavy atom. The van der Waals surface area contributed by atoms with Crippen molar-refractivity contribution in [2.75, 3.05) is 6.54 Å². The lowest BCUT2D eigenvalue weighted by Crippen LogP contribution is -2.71. The summed E-state index contributed by atoms with van der Waals surface area (Å²) in [6.45, 7) is 7.94. The molecular formula is C21H25NO3. The highest BCUT2D eigenvalue weighted by Crippen LogP contribution is 2.38. The van der Waals surface area contributed by atoms with Crippen molar-refractivity contribution in [2.24, 2.45) is 5.41 Å². The number of carbonyl (C=O) groups is 2. The molecule has 1 saturated heterocycles. The van der Waals surface area contributed by atoms with Crippen molar-refractivity contribution in [1.29, 1.82) is 0 Å². The lowest BCUT2D eigenvalue weighted by molar-refractivity contribution is -0.186. The van der Waals surface area contributed by atoms with Gasteiger partial charge in [0.25, 0.3) is 5.91 Å². The Labute approximate surface area is 149 Å². The summed E-state index contributed by atoms with van der Waals surface area (Å²) < 4.78 is 5.87. The van der Waals surface area contributed by atoms with E-state index in [1.54, 1.807) is 11.0 Å². The van der Waals surface area contributed by atoms with Crippen LogP contribution in [0.15, 0.2) is 42.0 Å².